The molecule has 2 aromatic heterocycles. The minimum atomic E-state index is 0.660. The normalized spacial score (nSPS) is 10.2. The van der Waals surface area contributed by atoms with Crippen molar-refractivity contribution in [2.45, 2.75) is 13.5 Å². The van der Waals surface area contributed by atoms with Gasteiger partial charge >= 0.3 is 0 Å². The fourth-order valence-electron chi connectivity index (χ4n) is 1.14. The van der Waals surface area contributed by atoms with Crippen LogP contribution >= 0.6 is 11.3 Å². The van der Waals surface area contributed by atoms with E-state index >= 15 is 0 Å². The maximum atomic E-state index is 10.5. The van der Waals surface area contributed by atoms with E-state index in [0.29, 0.717) is 15.7 Å². The largest absolute Gasteiger partial charge is 0.443 e. The molecule has 0 bridgehead atoms. The number of hydrogen-bond acceptors (Lipinski definition) is 4. The van der Waals surface area contributed by atoms with Crippen molar-refractivity contribution in [2.24, 2.45) is 0 Å². The van der Waals surface area contributed by atoms with E-state index in [1.54, 1.807) is 23.0 Å². The Morgan fingerprint density at radius 3 is 3.07 bits per heavy atom. The molecule has 4 nitrogen and oxygen atoms in total. The molecule has 0 aliphatic heterocycles. The Kier molecular flexibility index (Phi) is 2.82. The molecular formula is C10H10N2O2S. The Morgan fingerprint density at radius 2 is 2.47 bits per heavy atom. The monoisotopic (exact) mass is 222 g/mol. The molecule has 0 saturated heterocycles. The fourth-order valence-corrected chi connectivity index (χ4v) is 1.83. The highest BCUT2D eigenvalue weighted by Gasteiger charge is 2.03. The SMILES string of the molecule is CCn1cc(Oc2ccc(C=O)s2)cn1. The van der Waals surface area contributed by atoms with Crippen molar-refractivity contribution < 1.29 is 9.53 Å². The molecule has 0 saturated carbocycles. The van der Waals surface area contributed by atoms with Crippen LogP contribution < -0.4 is 4.74 Å². The Bertz CT molecular complexity index is 461. The zero-order chi connectivity index (χ0) is 10.7. The van der Waals surface area contributed by atoms with Crippen molar-refractivity contribution in [1.29, 1.82) is 0 Å². The number of rotatable bonds is 4. The minimum absolute atomic E-state index is 0.660. The van der Waals surface area contributed by atoms with Gasteiger partial charge in [-0.1, -0.05) is 11.3 Å². The Morgan fingerprint density at radius 1 is 1.60 bits per heavy atom. The molecule has 0 aliphatic rings. The molecule has 15 heavy (non-hydrogen) atoms. The average Bonchev–Trinajstić information content (AvgIpc) is 2.87. The predicted octanol–water partition coefficient (Wildman–Crippen LogP) is 2.57. The number of thiophene rings is 1. The van der Waals surface area contributed by atoms with E-state index in [4.69, 9.17) is 4.74 Å². The first-order valence-corrected chi connectivity index (χ1v) is 5.39. The van der Waals surface area contributed by atoms with Gasteiger partial charge in [-0.25, -0.2) is 0 Å². The topological polar surface area (TPSA) is 44.1 Å². The summed E-state index contributed by atoms with van der Waals surface area (Å²) in [5.74, 6) is 0.691. The number of aryl methyl sites for hydroxylation is 1. The second kappa shape index (κ2) is 4.27. The highest BCUT2D eigenvalue weighted by atomic mass is 32.1. The van der Waals surface area contributed by atoms with E-state index in [2.05, 4.69) is 5.10 Å². The Labute approximate surface area is 91.1 Å². The summed E-state index contributed by atoms with van der Waals surface area (Å²) < 4.78 is 7.30. The van der Waals surface area contributed by atoms with Crippen LogP contribution in [0.3, 0.4) is 0 Å². The van der Waals surface area contributed by atoms with E-state index in [9.17, 15) is 4.79 Å². The van der Waals surface area contributed by atoms with Crippen LogP contribution in [0.4, 0.5) is 0 Å². The molecule has 0 radical (unpaired) electrons. The van der Waals surface area contributed by atoms with Gasteiger partial charge in [0, 0.05) is 6.54 Å². The van der Waals surface area contributed by atoms with Gasteiger partial charge in [0.15, 0.2) is 17.1 Å². The lowest BCUT2D eigenvalue weighted by Crippen LogP contribution is -1.91. The summed E-state index contributed by atoms with van der Waals surface area (Å²) in [5, 5.41) is 4.79. The van der Waals surface area contributed by atoms with Crippen molar-refractivity contribution in [1.82, 2.24) is 9.78 Å². The molecule has 0 fully saturated rings. The summed E-state index contributed by atoms with van der Waals surface area (Å²) in [6.07, 6.45) is 4.29. The van der Waals surface area contributed by atoms with Crippen LogP contribution in [0.2, 0.25) is 0 Å². The van der Waals surface area contributed by atoms with Gasteiger partial charge in [0.1, 0.15) is 0 Å². The summed E-state index contributed by atoms with van der Waals surface area (Å²) in [5.41, 5.74) is 0. The van der Waals surface area contributed by atoms with Crippen LogP contribution in [-0.4, -0.2) is 16.1 Å². The van der Waals surface area contributed by atoms with Crippen molar-refractivity contribution in [3.8, 4) is 10.8 Å². The number of carbonyl (C=O) groups excluding carboxylic acids is 1. The Balaban J connectivity index is 2.10. The maximum absolute atomic E-state index is 10.5. The maximum Gasteiger partial charge on any atom is 0.181 e. The van der Waals surface area contributed by atoms with Gasteiger partial charge in [-0.2, -0.15) is 5.10 Å². The van der Waals surface area contributed by atoms with E-state index in [-0.39, 0.29) is 0 Å². The number of nitrogens with zero attached hydrogens (tertiary/aromatic N) is 2. The summed E-state index contributed by atoms with van der Waals surface area (Å²) >= 11 is 1.32. The molecule has 78 valence electrons. The summed E-state index contributed by atoms with van der Waals surface area (Å²) in [6.45, 7) is 2.82. The zero-order valence-corrected chi connectivity index (χ0v) is 9.03. The lowest BCUT2D eigenvalue weighted by molar-refractivity contribution is 0.112. The molecule has 5 heteroatoms. The van der Waals surface area contributed by atoms with Gasteiger partial charge in [0.05, 0.1) is 17.3 Å². The molecule has 0 atom stereocenters. The average molecular weight is 222 g/mol. The first-order chi connectivity index (χ1) is 7.31. The number of ether oxygens (including phenoxy) is 1. The number of aromatic nitrogens is 2. The predicted molar refractivity (Wildman–Crippen MR) is 57.7 cm³/mol. The lowest BCUT2D eigenvalue weighted by atomic mass is 10.5. The third-order valence-corrected chi connectivity index (χ3v) is 2.76. The van der Waals surface area contributed by atoms with Crippen LogP contribution in [0.25, 0.3) is 0 Å². The highest BCUT2D eigenvalue weighted by molar-refractivity contribution is 7.15. The van der Waals surface area contributed by atoms with E-state index in [1.165, 1.54) is 11.3 Å². The summed E-state index contributed by atoms with van der Waals surface area (Å²) in [4.78, 5) is 11.1. The standard InChI is InChI=1S/C10H10N2O2S/c1-2-12-6-8(5-11-12)14-10-4-3-9(7-13)15-10/h3-7H,2H2,1H3. The molecule has 0 aromatic carbocycles. The molecule has 2 rings (SSSR count). The van der Waals surface area contributed by atoms with Crippen molar-refractivity contribution >= 4 is 17.6 Å². The van der Waals surface area contributed by atoms with Crippen LogP contribution in [0.5, 0.6) is 10.8 Å². The second-order valence-electron chi connectivity index (χ2n) is 2.91. The summed E-state index contributed by atoms with van der Waals surface area (Å²) in [6, 6.07) is 3.51. The number of aldehydes is 1. The molecule has 0 aliphatic carbocycles. The van der Waals surface area contributed by atoms with Crippen LogP contribution in [0, 0.1) is 0 Å². The molecule has 2 heterocycles. The first-order valence-electron chi connectivity index (χ1n) is 4.57. The summed E-state index contributed by atoms with van der Waals surface area (Å²) in [7, 11) is 0. The third kappa shape index (κ3) is 2.24. The highest BCUT2D eigenvalue weighted by Crippen LogP contribution is 2.28. The van der Waals surface area contributed by atoms with E-state index < -0.39 is 0 Å². The van der Waals surface area contributed by atoms with Crippen molar-refractivity contribution in [3.05, 3.63) is 29.4 Å². The number of hydrogen-bond donors (Lipinski definition) is 0. The van der Waals surface area contributed by atoms with E-state index in [0.717, 1.165) is 12.8 Å². The van der Waals surface area contributed by atoms with Crippen LogP contribution in [0.15, 0.2) is 24.5 Å². The third-order valence-electron chi connectivity index (χ3n) is 1.87. The lowest BCUT2D eigenvalue weighted by Gasteiger charge is -1.96. The quantitative estimate of drug-likeness (QED) is 0.747. The van der Waals surface area contributed by atoms with Crippen LogP contribution in [0.1, 0.15) is 16.6 Å². The van der Waals surface area contributed by atoms with Gasteiger partial charge in [-0.3, -0.25) is 9.48 Å². The Hall–Kier alpha value is -1.62. The van der Waals surface area contributed by atoms with Gasteiger partial charge in [-0.05, 0) is 19.1 Å². The van der Waals surface area contributed by atoms with Crippen LogP contribution in [-0.2, 0) is 6.54 Å². The van der Waals surface area contributed by atoms with E-state index in [1.807, 2.05) is 13.1 Å². The van der Waals surface area contributed by atoms with Gasteiger partial charge < -0.3 is 4.74 Å². The van der Waals surface area contributed by atoms with Gasteiger partial charge in [0.2, 0.25) is 0 Å². The molecule has 0 unspecified atom stereocenters. The zero-order valence-electron chi connectivity index (χ0n) is 8.21. The van der Waals surface area contributed by atoms with Gasteiger partial charge in [-0.15, -0.1) is 0 Å². The molecular weight excluding hydrogens is 212 g/mol. The first kappa shape index (κ1) is 9.92. The second-order valence-corrected chi connectivity index (χ2v) is 3.99. The van der Waals surface area contributed by atoms with Crippen molar-refractivity contribution in [3.63, 3.8) is 0 Å². The molecule has 0 N–H and O–H groups in total. The fraction of sp³-hybridized carbons (Fsp3) is 0.200. The van der Waals surface area contributed by atoms with Gasteiger partial charge in [0.25, 0.3) is 0 Å². The smallest absolute Gasteiger partial charge is 0.181 e. The molecule has 0 spiro atoms. The molecule has 2 aromatic rings. The number of carbonyl (C=O) groups is 1. The minimum Gasteiger partial charge on any atom is -0.443 e. The van der Waals surface area contributed by atoms with Crippen molar-refractivity contribution in [2.75, 3.05) is 0 Å². The molecule has 0 amide bonds.